The van der Waals surface area contributed by atoms with Gasteiger partial charge in [0.15, 0.2) is 11.6 Å². The van der Waals surface area contributed by atoms with E-state index in [1.807, 2.05) is 56.3 Å². The van der Waals surface area contributed by atoms with Crippen molar-refractivity contribution in [3.05, 3.63) is 100 Å². The van der Waals surface area contributed by atoms with Crippen molar-refractivity contribution in [1.29, 1.82) is 0 Å². The SMILES string of the molecule is COc1cc(Cc2ccc(F)c(F)c2)c2c(C(N)=O)c(C(C)C)n(Cc3ccccc3)c2c1. The molecule has 0 spiro atoms. The predicted molar refractivity (Wildman–Crippen MR) is 126 cm³/mol. The Morgan fingerprint density at radius 3 is 2.33 bits per heavy atom. The zero-order valence-corrected chi connectivity index (χ0v) is 18.9. The number of ether oxygens (including phenoxy) is 1. The number of carbonyl (C=O) groups is 1. The summed E-state index contributed by atoms with van der Waals surface area (Å²) in [5, 5.41) is 0.715. The fourth-order valence-electron chi connectivity index (χ4n) is 4.46. The molecule has 2 N–H and O–H groups in total. The summed E-state index contributed by atoms with van der Waals surface area (Å²) in [7, 11) is 1.57. The molecule has 1 heterocycles. The van der Waals surface area contributed by atoms with Crippen molar-refractivity contribution in [1.82, 2.24) is 4.57 Å². The number of aromatic nitrogens is 1. The van der Waals surface area contributed by atoms with Crippen LogP contribution in [0.25, 0.3) is 10.9 Å². The van der Waals surface area contributed by atoms with Gasteiger partial charge in [0.05, 0.1) is 18.2 Å². The summed E-state index contributed by atoms with van der Waals surface area (Å²) < 4.78 is 35.0. The number of amides is 1. The van der Waals surface area contributed by atoms with Crippen LogP contribution in [-0.4, -0.2) is 17.6 Å². The minimum absolute atomic E-state index is 0.0192. The van der Waals surface area contributed by atoms with Crippen LogP contribution in [0.15, 0.2) is 60.7 Å². The standard InChI is InChI=1S/C27H26F2N2O2/c1-16(2)26-25(27(30)32)24-19(11-18-9-10-21(28)22(29)12-18)13-20(33-3)14-23(24)31(26)15-17-7-5-4-6-8-17/h4-10,12-14,16H,11,15H2,1-3H3,(H2,30,32). The van der Waals surface area contributed by atoms with Crippen LogP contribution >= 0.6 is 0 Å². The van der Waals surface area contributed by atoms with Gasteiger partial charge in [0.2, 0.25) is 0 Å². The van der Waals surface area contributed by atoms with E-state index < -0.39 is 17.5 Å². The molecule has 1 amide bonds. The molecular weight excluding hydrogens is 422 g/mol. The summed E-state index contributed by atoms with van der Waals surface area (Å²) in [6.45, 7) is 4.60. The molecule has 0 saturated heterocycles. The molecule has 0 unspecified atom stereocenters. The Morgan fingerprint density at radius 2 is 1.73 bits per heavy atom. The van der Waals surface area contributed by atoms with E-state index in [0.717, 1.165) is 28.4 Å². The van der Waals surface area contributed by atoms with Crippen molar-refractivity contribution in [3.63, 3.8) is 0 Å². The maximum atomic E-state index is 13.9. The number of rotatable bonds is 7. The lowest BCUT2D eigenvalue weighted by atomic mass is 9.96. The molecule has 0 aliphatic rings. The number of benzene rings is 3. The van der Waals surface area contributed by atoms with Crippen molar-refractivity contribution in [2.45, 2.75) is 32.7 Å². The molecule has 4 aromatic rings. The Bertz CT molecular complexity index is 1330. The molecule has 4 rings (SSSR count). The lowest BCUT2D eigenvalue weighted by Gasteiger charge is -2.15. The van der Waals surface area contributed by atoms with Crippen molar-refractivity contribution in [2.75, 3.05) is 7.11 Å². The van der Waals surface area contributed by atoms with E-state index in [0.29, 0.717) is 28.8 Å². The predicted octanol–water partition coefficient (Wildman–Crippen LogP) is 5.79. The highest BCUT2D eigenvalue weighted by Gasteiger charge is 2.26. The molecule has 1 aromatic heterocycles. The lowest BCUT2D eigenvalue weighted by molar-refractivity contribution is 0.1000. The maximum absolute atomic E-state index is 13.9. The van der Waals surface area contributed by atoms with Crippen molar-refractivity contribution in [3.8, 4) is 5.75 Å². The average Bonchev–Trinajstić information content (AvgIpc) is 3.12. The topological polar surface area (TPSA) is 57.2 Å². The zero-order chi connectivity index (χ0) is 23.7. The molecule has 0 radical (unpaired) electrons. The summed E-state index contributed by atoms with van der Waals surface area (Å²) in [6.07, 6.45) is 0.290. The molecule has 33 heavy (non-hydrogen) atoms. The molecule has 170 valence electrons. The number of nitrogens with zero attached hydrogens (tertiary/aromatic N) is 1. The highest BCUT2D eigenvalue weighted by molar-refractivity contribution is 6.09. The van der Waals surface area contributed by atoms with Crippen molar-refractivity contribution < 1.29 is 18.3 Å². The Morgan fingerprint density at radius 1 is 1.00 bits per heavy atom. The summed E-state index contributed by atoms with van der Waals surface area (Å²) in [5.41, 5.74) is 10.4. The Labute approximate surface area is 191 Å². The van der Waals surface area contributed by atoms with Crippen LogP contribution in [0.3, 0.4) is 0 Å². The first kappa shape index (κ1) is 22.5. The largest absolute Gasteiger partial charge is 0.497 e. The number of carbonyl (C=O) groups excluding carboxylic acids is 1. The third-order valence-electron chi connectivity index (χ3n) is 5.85. The molecule has 0 atom stereocenters. The summed E-state index contributed by atoms with van der Waals surface area (Å²) in [6, 6.07) is 17.5. The van der Waals surface area contributed by atoms with E-state index in [2.05, 4.69) is 4.57 Å². The first-order valence-electron chi connectivity index (χ1n) is 10.8. The molecular formula is C27H26F2N2O2. The van der Waals surface area contributed by atoms with Crippen LogP contribution in [0.5, 0.6) is 5.75 Å². The molecule has 0 fully saturated rings. The molecule has 6 heteroatoms. The number of primary amides is 1. The third-order valence-corrected chi connectivity index (χ3v) is 5.85. The van der Waals surface area contributed by atoms with Gasteiger partial charge in [-0.2, -0.15) is 0 Å². The van der Waals surface area contributed by atoms with E-state index in [1.165, 1.54) is 12.1 Å². The second-order valence-electron chi connectivity index (χ2n) is 8.46. The number of nitrogens with two attached hydrogens (primary N) is 1. The fourth-order valence-corrected chi connectivity index (χ4v) is 4.46. The average molecular weight is 449 g/mol. The van der Waals surface area contributed by atoms with E-state index in [1.54, 1.807) is 7.11 Å². The molecule has 0 bridgehead atoms. The number of halogens is 2. The summed E-state index contributed by atoms with van der Waals surface area (Å²) in [4.78, 5) is 12.7. The smallest absolute Gasteiger partial charge is 0.251 e. The molecule has 0 saturated carbocycles. The van der Waals surface area contributed by atoms with E-state index in [4.69, 9.17) is 10.5 Å². The zero-order valence-electron chi connectivity index (χ0n) is 18.9. The fraction of sp³-hybridized carbons (Fsp3) is 0.222. The second-order valence-corrected chi connectivity index (χ2v) is 8.46. The minimum atomic E-state index is -0.911. The highest BCUT2D eigenvalue weighted by atomic mass is 19.2. The monoisotopic (exact) mass is 448 g/mol. The van der Waals surface area contributed by atoms with Gasteiger partial charge in [-0.05, 0) is 47.2 Å². The van der Waals surface area contributed by atoms with Gasteiger partial charge < -0.3 is 15.0 Å². The Hall–Kier alpha value is -3.67. The van der Waals surface area contributed by atoms with Crippen LogP contribution in [0.1, 0.15) is 52.5 Å². The van der Waals surface area contributed by atoms with E-state index >= 15 is 0 Å². The van der Waals surface area contributed by atoms with Crippen LogP contribution in [0.4, 0.5) is 8.78 Å². The van der Waals surface area contributed by atoms with Gasteiger partial charge in [0, 0.05) is 23.7 Å². The van der Waals surface area contributed by atoms with E-state index in [-0.39, 0.29) is 12.3 Å². The summed E-state index contributed by atoms with van der Waals surface area (Å²) >= 11 is 0. The first-order valence-corrected chi connectivity index (χ1v) is 10.8. The highest BCUT2D eigenvalue weighted by Crippen LogP contribution is 2.37. The normalized spacial score (nSPS) is 11.3. The van der Waals surface area contributed by atoms with Gasteiger partial charge >= 0.3 is 0 Å². The van der Waals surface area contributed by atoms with Gasteiger partial charge in [0.25, 0.3) is 5.91 Å². The number of hydrogen-bond donors (Lipinski definition) is 1. The minimum Gasteiger partial charge on any atom is -0.497 e. The van der Waals surface area contributed by atoms with Gasteiger partial charge in [-0.3, -0.25) is 4.79 Å². The van der Waals surface area contributed by atoms with Crippen molar-refractivity contribution in [2.24, 2.45) is 5.73 Å². The Balaban J connectivity index is 2.01. The molecule has 0 aliphatic carbocycles. The number of methoxy groups -OCH3 is 1. The van der Waals surface area contributed by atoms with Crippen LogP contribution in [-0.2, 0) is 13.0 Å². The van der Waals surface area contributed by atoms with Crippen LogP contribution in [0.2, 0.25) is 0 Å². The summed E-state index contributed by atoms with van der Waals surface area (Å²) in [5.74, 6) is -1.70. The molecule has 0 aliphatic heterocycles. The molecule has 3 aromatic carbocycles. The quantitative estimate of drug-likeness (QED) is 0.389. The third kappa shape index (κ3) is 4.33. The van der Waals surface area contributed by atoms with Crippen LogP contribution in [0, 0.1) is 11.6 Å². The van der Waals surface area contributed by atoms with E-state index in [9.17, 15) is 13.6 Å². The van der Waals surface area contributed by atoms with Gasteiger partial charge in [-0.1, -0.05) is 50.2 Å². The number of fused-ring (bicyclic) bond motifs is 1. The van der Waals surface area contributed by atoms with Crippen LogP contribution < -0.4 is 10.5 Å². The number of hydrogen-bond acceptors (Lipinski definition) is 2. The van der Waals surface area contributed by atoms with Gasteiger partial charge in [-0.25, -0.2) is 8.78 Å². The Kier molecular flexibility index (Phi) is 6.18. The molecule has 4 nitrogen and oxygen atoms in total. The first-order chi connectivity index (χ1) is 15.8. The van der Waals surface area contributed by atoms with Crippen molar-refractivity contribution >= 4 is 16.8 Å². The van der Waals surface area contributed by atoms with Gasteiger partial charge in [-0.15, -0.1) is 0 Å². The lowest BCUT2D eigenvalue weighted by Crippen LogP contribution is -2.16. The second kappa shape index (κ2) is 9.06. The maximum Gasteiger partial charge on any atom is 0.251 e. The van der Waals surface area contributed by atoms with Gasteiger partial charge in [0.1, 0.15) is 5.75 Å².